The highest BCUT2D eigenvalue weighted by molar-refractivity contribution is 9.11. The Labute approximate surface area is 76.8 Å². The van der Waals surface area contributed by atoms with Crippen LogP contribution in [0.15, 0.2) is 35.1 Å². The second kappa shape index (κ2) is 5.86. The van der Waals surface area contributed by atoms with E-state index in [-0.39, 0.29) is 0 Å². The van der Waals surface area contributed by atoms with Crippen LogP contribution in [0.5, 0.6) is 0 Å². The van der Waals surface area contributed by atoms with Crippen LogP contribution < -0.4 is 0 Å². The Balaban J connectivity index is 3.98. The summed E-state index contributed by atoms with van der Waals surface area (Å²) < 4.78 is 12.5. The van der Waals surface area contributed by atoms with Gasteiger partial charge in [-0.1, -0.05) is 44.5 Å². The van der Waals surface area contributed by atoms with Crippen molar-refractivity contribution >= 4 is 31.9 Å². The summed E-state index contributed by atoms with van der Waals surface area (Å²) in [6, 6.07) is 0. The van der Waals surface area contributed by atoms with Crippen LogP contribution in [-0.2, 0) is 0 Å². The van der Waals surface area contributed by atoms with E-state index in [0.29, 0.717) is 17.2 Å². The number of halogens is 3. The van der Waals surface area contributed by atoms with Gasteiger partial charge in [0.1, 0.15) is 0 Å². The zero-order valence-corrected chi connectivity index (χ0v) is 8.45. The first-order valence-electron chi connectivity index (χ1n) is 2.58. The molecule has 10 heavy (non-hydrogen) atoms. The highest BCUT2D eigenvalue weighted by atomic mass is 79.9. The highest BCUT2D eigenvalue weighted by Crippen LogP contribution is 2.07. The topological polar surface area (TPSA) is 0 Å². The van der Waals surface area contributed by atoms with Gasteiger partial charge in [-0.25, -0.2) is 4.39 Å². The standard InChI is InChI=1S/C7H7Br2F/c1-6(9)2-3-7(4-8)5-10/h2-3,5H,1,4H2/b3-2-,7-5-. The molecule has 0 aliphatic carbocycles. The Hall–Kier alpha value is 0.110. The Kier molecular flexibility index (Phi) is 5.93. The van der Waals surface area contributed by atoms with Gasteiger partial charge in [-0.2, -0.15) is 0 Å². The van der Waals surface area contributed by atoms with Gasteiger partial charge >= 0.3 is 0 Å². The van der Waals surface area contributed by atoms with Crippen molar-refractivity contribution in [3.05, 3.63) is 35.1 Å². The molecule has 0 saturated carbocycles. The van der Waals surface area contributed by atoms with E-state index >= 15 is 0 Å². The number of alkyl halides is 1. The number of hydrogen-bond donors (Lipinski definition) is 0. The molecule has 0 aromatic rings. The molecule has 0 bridgehead atoms. The normalized spacial score (nSPS) is 12.5. The maximum atomic E-state index is 11.8. The second-order valence-electron chi connectivity index (χ2n) is 1.60. The van der Waals surface area contributed by atoms with E-state index in [9.17, 15) is 4.39 Å². The molecule has 0 saturated heterocycles. The molecular weight excluding hydrogens is 263 g/mol. The van der Waals surface area contributed by atoms with Crippen LogP contribution >= 0.6 is 31.9 Å². The highest BCUT2D eigenvalue weighted by Gasteiger charge is 1.86. The third-order valence-corrected chi connectivity index (χ3v) is 1.68. The largest absolute Gasteiger partial charge is 0.215 e. The van der Waals surface area contributed by atoms with Gasteiger partial charge in [-0.15, -0.1) is 0 Å². The average Bonchev–Trinajstić information content (AvgIpc) is 1.90. The third kappa shape index (κ3) is 4.94. The molecular formula is C7H7Br2F. The second-order valence-corrected chi connectivity index (χ2v) is 3.18. The maximum Gasteiger partial charge on any atom is 0.0907 e. The van der Waals surface area contributed by atoms with Gasteiger partial charge in [-0.3, -0.25) is 0 Å². The van der Waals surface area contributed by atoms with Crippen molar-refractivity contribution < 1.29 is 4.39 Å². The van der Waals surface area contributed by atoms with Gasteiger partial charge in [0.2, 0.25) is 0 Å². The quantitative estimate of drug-likeness (QED) is 0.541. The molecule has 0 rings (SSSR count). The van der Waals surface area contributed by atoms with Crippen LogP contribution in [0.2, 0.25) is 0 Å². The monoisotopic (exact) mass is 268 g/mol. The van der Waals surface area contributed by atoms with E-state index < -0.39 is 0 Å². The zero-order valence-electron chi connectivity index (χ0n) is 5.28. The Morgan fingerprint density at radius 3 is 2.40 bits per heavy atom. The lowest BCUT2D eigenvalue weighted by atomic mass is 10.3. The lowest BCUT2D eigenvalue weighted by Crippen LogP contribution is -1.75. The molecule has 0 atom stereocenters. The summed E-state index contributed by atoms with van der Waals surface area (Å²) in [6.07, 6.45) is 3.89. The number of allylic oxidation sites excluding steroid dienone is 4. The summed E-state index contributed by atoms with van der Waals surface area (Å²) in [5.74, 6) is 0. The average molecular weight is 270 g/mol. The van der Waals surface area contributed by atoms with Gasteiger partial charge in [0.05, 0.1) is 6.33 Å². The molecule has 0 fully saturated rings. The molecule has 0 N–H and O–H groups in total. The first-order chi connectivity index (χ1) is 4.70. The SMILES string of the molecule is C=C(Br)/C=C\C(=C\F)CBr. The minimum absolute atomic E-state index is 0.514. The van der Waals surface area contributed by atoms with Crippen LogP contribution in [0.4, 0.5) is 4.39 Å². The van der Waals surface area contributed by atoms with Crippen molar-refractivity contribution in [2.24, 2.45) is 0 Å². The fourth-order valence-corrected chi connectivity index (χ4v) is 0.749. The van der Waals surface area contributed by atoms with Crippen LogP contribution in [0.1, 0.15) is 0 Å². The molecule has 0 aromatic carbocycles. The molecule has 0 unspecified atom stereocenters. The summed E-state index contributed by atoms with van der Waals surface area (Å²) >= 11 is 6.24. The van der Waals surface area contributed by atoms with E-state index in [0.717, 1.165) is 4.48 Å². The van der Waals surface area contributed by atoms with Gasteiger partial charge in [0.25, 0.3) is 0 Å². The zero-order chi connectivity index (χ0) is 7.98. The Bertz CT molecular complexity index is 170. The van der Waals surface area contributed by atoms with Gasteiger partial charge < -0.3 is 0 Å². The van der Waals surface area contributed by atoms with Crippen molar-refractivity contribution in [1.82, 2.24) is 0 Å². The summed E-state index contributed by atoms with van der Waals surface area (Å²) in [7, 11) is 0. The van der Waals surface area contributed by atoms with Crippen LogP contribution in [-0.4, -0.2) is 5.33 Å². The lowest BCUT2D eigenvalue weighted by Gasteiger charge is -1.89. The molecule has 0 spiro atoms. The maximum absolute atomic E-state index is 11.8. The van der Waals surface area contributed by atoms with Crippen molar-refractivity contribution in [3.63, 3.8) is 0 Å². The van der Waals surface area contributed by atoms with Crippen molar-refractivity contribution in [3.8, 4) is 0 Å². The summed E-state index contributed by atoms with van der Waals surface area (Å²) in [4.78, 5) is 0. The van der Waals surface area contributed by atoms with Crippen LogP contribution in [0, 0.1) is 0 Å². The van der Waals surface area contributed by atoms with Crippen molar-refractivity contribution in [1.29, 1.82) is 0 Å². The molecule has 3 heteroatoms. The molecule has 56 valence electrons. The van der Waals surface area contributed by atoms with Gasteiger partial charge in [-0.05, 0) is 11.6 Å². The molecule has 0 amide bonds. The fourth-order valence-electron chi connectivity index (χ4n) is 0.308. The van der Waals surface area contributed by atoms with Crippen molar-refractivity contribution in [2.75, 3.05) is 5.33 Å². The van der Waals surface area contributed by atoms with E-state index in [1.54, 1.807) is 12.2 Å². The molecule has 0 aliphatic heterocycles. The minimum Gasteiger partial charge on any atom is -0.215 e. The van der Waals surface area contributed by atoms with Gasteiger partial charge in [0, 0.05) is 9.81 Å². The van der Waals surface area contributed by atoms with Crippen LogP contribution in [0.3, 0.4) is 0 Å². The molecule has 0 heterocycles. The van der Waals surface area contributed by atoms with Crippen LogP contribution in [0.25, 0.3) is 0 Å². The molecule has 0 nitrogen and oxygen atoms in total. The minimum atomic E-state index is 0.514. The van der Waals surface area contributed by atoms with Crippen molar-refractivity contribution in [2.45, 2.75) is 0 Å². The predicted octanol–water partition coefficient (Wildman–Crippen LogP) is 3.70. The summed E-state index contributed by atoms with van der Waals surface area (Å²) in [5, 5.41) is 0.514. The smallest absolute Gasteiger partial charge is 0.0907 e. The Morgan fingerprint density at radius 1 is 1.50 bits per heavy atom. The van der Waals surface area contributed by atoms with E-state index in [4.69, 9.17) is 0 Å². The first kappa shape index (κ1) is 10.1. The van der Waals surface area contributed by atoms with Gasteiger partial charge in [0.15, 0.2) is 0 Å². The molecule has 0 aromatic heterocycles. The summed E-state index contributed by atoms with van der Waals surface area (Å²) in [6.45, 7) is 3.56. The van der Waals surface area contributed by atoms with E-state index in [2.05, 4.69) is 38.4 Å². The fraction of sp³-hybridized carbons (Fsp3) is 0.143. The number of hydrogen-bond acceptors (Lipinski definition) is 0. The number of rotatable bonds is 3. The first-order valence-corrected chi connectivity index (χ1v) is 4.50. The molecule has 0 radical (unpaired) electrons. The predicted molar refractivity (Wildman–Crippen MR) is 50.2 cm³/mol. The third-order valence-electron chi connectivity index (χ3n) is 0.773. The van der Waals surface area contributed by atoms with E-state index in [1.807, 2.05) is 0 Å². The lowest BCUT2D eigenvalue weighted by molar-refractivity contribution is 0.714. The Morgan fingerprint density at radius 2 is 2.10 bits per heavy atom. The van der Waals surface area contributed by atoms with E-state index in [1.165, 1.54) is 0 Å². The molecule has 0 aliphatic rings. The summed E-state index contributed by atoms with van der Waals surface area (Å²) in [5.41, 5.74) is 0.584.